The molecule has 1 aromatic heterocycles. The van der Waals surface area contributed by atoms with Gasteiger partial charge in [0.15, 0.2) is 0 Å². The van der Waals surface area contributed by atoms with Crippen LogP contribution in [0.25, 0.3) is 0 Å². The van der Waals surface area contributed by atoms with E-state index in [2.05, 4.69) is 15.3 Å². The second-order valence-corrected chi connectivity index (χ2v) is 7.73. The lowest BCUT2D eigenvalue weighted by Gasteiger charge is -2.12. The number of aromatic nitrogens is 2. The Kier molecular flexibility index (Phi) is 7.68. The van der Waals surface area contributed by atoms with Gasteiger partial charge in [-0.15, -0.1) is 11.6 Å². The summed E-state index contributed by atoms with van der Waals surface area (Å²) in [6, 6.07) is -0.945. The summed E-state index contributed by atoms with van der Waals surface area (Å²) in [7, 11) is -2.40. The zero-order chi connectivity index (χ0) is 18.3. The van der Waals surface area contributed by atoms with Gasteiger partial charge in [-0.3, -0.25) is 5.32 Å². The van der Waals surface area contributed by atoms with Gasteiger partial charge in [0.1, 0.15) is 0 Å². The maximum atomic E-state index is 11.9. The zero-order valence-corrected chi connectivity index (χ0v) is 15.8. The van der Waals surface area contributed by atoms with Gasteiger partial charge in [0.05, 0.1) is 12.9 Å². The van der Waals surface area contributed by atoms with Crippen LogP contribution in [0.1, 0.15) is 37.4 Å². The third-order valence-electron chi connectivity index (χ3n) is 3.28. The average molecular weight is 379 g/mol. The molecular weight excluding hydrogens is 356 g/mol. The molecule has 0 spiro atoms. The molecule has 2 N–H and O–H groups in total. The van der Waals surface area contributed by atoms with E-state index in [1.165, 1.54) is 7.11 Å². The number of nitrogens with one attached hydrogen (secondary N) is 2. The van der Waals surface area contributed by atoms with Gasteiger partial charge in [-0.2, -0.15) is 4.98 Å². The standard InChI is InChI=1S/C14H23ClN4O4S/c1-5-6-7-11(15)8-24(21,22)19-14(20)18-13-16-10(3)9(2)12(17-13)23-4/h11H,5-8H2,1-4H3,(H2,16,17,18,19,20). The predicted octanol–water partition coefficient (Wildman–Crippen LogP) is 2.35. The fraction of sp³-hybridized carbons (Fsp3) is 0.643. The Morgan fingerprint density at radius 2 is 2.00 bits per heavy atom. The summed E-state index contributed by atoms with van der Waals surface area (Å²) < 4.78 is 30.8. The van der Waals surface area contributed by atoms with Crippen LogP contribution in [0.2, 0.25) is 0 Å². The van der Waals surface area contributed by atoms with Crippen molar-refractivity contribution in [2.45, 2.75) is 45.4 Å². The Labute approximate surface area is 147 Å². The van der Waals surface area contributed by atoms with Gasteiger partial charge in [-0.1, -0.05) is 19.8 Å². The monoisotopic (exact) mass is 378 g/mol. The Bertz CT molecular complexity index is 682. The van der Waals surface area contributed by atoms with Crippen molar-refractivity contribution < 1.29 is 17.9 Å². The van der Waals surface area contributed by atoms with Crippen LogP contribution in [0.3, 0.4) is 0 Å². The number of nitrogens with zero attached hydrogens (tertiary/aromatic N) is 2. The lowest BCUT2D eigenvalue weighted by molar-refractivity contribution is 0.256. The van der Waals surface area contributed by atoms with Crippen molar-refractivity contribution in [3.8, 4) is 5.88 Å². The first-order valence-corrected chi connectivity index (χ1v) is 9.62. The van der Waals surface area contributed by atoms with E-state index in [0.29, 0.717) is 18.0 Å². The van der Waals surface area contributed by atoms with Gasteiger partial charge >= 0.3 is 6.03 Å². The number of rotatable bonds is 8. The maximum absolute atomic E-state index is 11.9. The van der Waals surface area contributed by atoms with E-state index in [0.717, 1.165) is 18.4 Å². The summed E-state index contributed by atoms with van der Waals surface area (Å²) in [6.45, 7) is 5.49. The highest BCUT2D eigenvalue weighted by atomic mass is 35.5. The van der Waals surface area contributed by atoms with Crippen LogP contribution in [0.4, 0.5) is 10.7 Å². The molecule has 24 heavy (non-hydrogen) atoms. The third kappa shape index (κ3) is 6.48. The summed E-state index contributed by atoms with van der Waals surface area (Å²) in [6.07, 6.45) is 2.31. The first-order chi connectivity index (χ1) is 11.2. The van der Waals surface area contributed by atoms with E-state index in [1.54, 1.807) is 13.8 Å². The van der Waals surface area contributed by atoms with Gasteiger partial charge in [0, 0.05) is 16.6 Å². The van der Waals surface area contributed by atoms with Crippen LogP contribution in [-0.2, 0) is 10.0 Å². The topological polar surface area (TPSA) is 110 Å². The molecular formula is C14H23ClN4O4S. The van der Waals surface area contributed by atoms with Crippen LogP contribution in [0.5, 0.6) is 5.88 Å². The smallest absolute Gasteiger partial charge is 0.335 e. The molecule has 1 aromatic rings. The molecule has 0 aromatic carbocycles. The van der Waals surface area contributed by atoms with Crippen molar-refractivity contribution in [1.29, 1.82) is 0 Å². The number of halogens is 1. The lowest BCUT2D eigenvalue weighted by Crippen LogP contribution is -2.38. The minimum absolute atomic E-state index is 0.0453. The molecule has 1 heterocycles. The Morgan fingerprint density at radius 3 is 2.58 bits per heavy atom. The molecule has 0 aliphatic heterocycles. The van der Waals surface area contributed by atoms with Crippen LogP contribution in [-0.4, -0.2) is 42.7 Å². The van der Waals surface area contributed by atoms with E-state index in [4.69, 9.17) is 16.3 Å². The molecule has 1 unspecified atom stereocenters. The number of carbonyl (C=O) groups is 1. The number of hydrogen-bond acceptors (Lipinski definition) is 6. The minimum atomic E-state index is -3.85. The Hall–Kier alpha value is -1.61. The Morgan fingerprint density at radius 1 is 1.33 bits per heavy atom. The maximum Gasteiger partial charge on any atom is 0.335 e. The number of sulfonamides is 1. The van der Waals surface area contributed by atoms with E-state index in [9.17, 15) is 13.2 Å². The summed E-state index contributed by atoms with van der Waals surface area (Å²) in [5, 5.41) is 1.73. The average Bonchev–Trinajstić information content (AvgIpc) is 2.47. The third-order valence-corrected chi connectivity index (χ3v) is 5.18. The SMILES string of the molecule is CCCCC(Cl)CS(=O)(=O)NC(=O)Nc1nc(C)c(C)c(OC)n1. The van der Waals surface area contributed by atoms with Crippen LogP contribution < -0.4 is 14.8 Å². The molecule has 0 saturated heterocycles. The number of aryl methyl sites for hydroxylation is 1. The highest BCUT2D eigenvalue weighted by Gasteiger charge is 2.20. The number of alkyl halides is 1. The Balaban J connectivity index is 2.70. The molecule has 0 saturated carbocycles. The van der Waals surface area contributed by atoms with Gasteiger partial charge in [-0.25, -0.2) is 22.9 Å². The summed E-state index contributed by atoms with van der Waals surface area (Å²) in [5.74, 6) is -0.0730. The van der Waals surface area contributed by atoms with Crippen LogP contribution >= 0.6 is 11.6 Å². The van der Waals surface area contributed by atoms with Crippen molar-refractivity contribution in [3.05, 3.63) is 11.3 Å². The number of carbonyl (C=O) groups excluding carboxylic acids is 1. The molecule has 1 rings (SSSR count). The lowest BCUT2D eigenvalue weighted by atomic mass is 10.2. The van der Waals surface area contributed by atoms with E-state index in [1.807, 2.05) is 11.6 Å². The predicted molar refractivity (Wildman–Crippen MR) is 93.2 cm³/mol. The summed E-state index contributed by atoms with van der Waals surface area (Å²) in [5.41, 5.74) is 1.34. The fourth-order valence-electron chi connectivity index (χ4n) is 1.91. The molecule has 0 aliphatic rings. The van der Waals surface area contributed by atoms with Crippen molar-refractivity contribution in [1.82, 2.24) is 14.7 Å². The van der Waals surface area contributed by atoms with Crippen molar-refractivity contribution in [2.75, 3.05) is 18.2 Å². The second kappa shape index (κ2) is 9.03. The summed E-state index contributed by atoms with van der Waals surface area (Å²) in [4.78, 5) is 19.9. The molecule has 0 bridgehead atoms. The number of urea groups is 1. The number of amides is 2. The van der Waals surface area contributed by atoms with Crippen LogP contribution in [0.15, 0.2) is 0 Å². The van der Waals surface area contributed by atoms with Gasteiger partial charge < -0.3 is 4.74 Å². The number of hydrogen-bond donors (Lipinski definition) is 2. The van der Waals surface area contributed by atoms with Gasteiger partial charge in [-0.05, 0) is 20.3 Å². The first-order valence-electron chi connectivity index (χ1n) is 7.53. The van der Waals surface area contributed by atoms with E-state index < -0.39 is 21.4 Å². The van der Waals surface area contributed by atoms with Crippen molar-refractivity contribution in [2.24, 2.45) is 0 Å². The van der Waals surface area contributed by atoms with Crippen molar-refractivity contribution in [3.63, 3.8) is 0 Å². The van der Waals surface area contributed by atoms with Crippen LogP contribution in [0, 0.1) is 13.8 Å². The van der Waals surface area contributed by atoms with Gasteiger partial charge in [0.2, 0.25) is 21.9 Å². The molecule has 8 nitrogen and oxygen atoms in total. The highest BCUT2D eigenvalue weighted by molar-refractivity contribution is 7.90. The molecule has 0 fully saturated rings. The highest BCUT2D eigenvalue weighted by Crippen LogP contribution is 2.18. The molecule has 2 amide bonds. The quantitative estimate of drug-likeness (QED) is 0.672. The fourth-order valence-corrected chi connectivity index (χ4v) is 3.63. The zero-order valence-electron chi connectivity index (χ0n) is 14.2. The second-order valence-electron chi connectivity index (χ2n) is 5.34. The minimum Gasteiger partial charge on any atom is -0.481 e. The first kappa shape index (κ1) is 20.4. The summed E-state index contributed by atoms with van der Waals surface area (Å²) >= 11 is 5.97. The number of ether oxygens (including phenoxy) is 1. The molecule has 0 aliphatic carbocycles. The molecule has 136 valence electrons. The van der Waals surface area contributed by atoms with E-state index >= 15 is 0 Å². The number of methoxy groups -OCH3 is 1. The molecule has 10 heteroatoms. The normalized spacial score (nSPS) is 12.5. The van der Waals surface area contributed by atoms with Gasteiger partial charge in [0.25, 0.3) is 0 Å². The number of anilines is 1. The van der Waals surface area contributed by atoms with Crippen molar-refractivity contribution >= 4 is 33.6 Å². The molecule has 0 radical (unpaired) electrons. The molecule has 1 atom stereocenters. The number of unbranched alkanes of at least 4 members (excludes halogenated alkanes) is 1. The van der Waals surface area contributed by atoms with E-state index in [-0.39, 0.29) is 11.7 Å². The largest absolute Gasteiger partial charge is 0.481 e.